The Labute approximate surface area is 524 Å². The Bertz CT molecular complexity index is 1650. The number of esters is 4. The normalized spacial score (nSPS) is 14.1. The first-order valence-electron chi connectivity index (χ1n) is 35.3. The summed E-state index contributed by atoms with van der Waals surface area (Å²) in [5.41, 5.74) is 0. The lowest BCUT2D eigenvalue weighted by molar-refractivity contribution is -0.161. The molecule has 0 aliphatic heterocycles. The topological polar surface area (TPSA) is 237 Å². The molecule has 0 fully saturated rings. The summed E-state index contributed by atoms with van der Waals surface area (Å²) in [5, 5.41) is 10.5. The molecule has 0 saturated heterocycles. The average molecular weight is 1270 g/mol. The van der Waals surface area contributed by atoms with Gasteiger partial charge in [0.25, 0.3) is 0 Å². The van der Waals surface area contributed by atoms with Gasteiger partial charge in [0, 0.05) is 25.7 Å². The molecule has 2 unspecified atom stereocenters. The van der Waals surface area contributed by atoms with E-state index in [9.17, 15) is 43.2 Å². The molecule has 0 spiro atoms. The molecule has 86 heavy (non-hydrogen) atoms. The molecule has 0 aliphatic rings. The van der Waals surface area contributed by atoms with Gasteiger partial charge in [0.1, 0.15) is 19.3 Å². The summed E-state index contributed by atoms with van der Waals surface area (Å²) in [6.07, 6.45) is 49.0. The van der Waals surface area contributed by atoms with Crippen LogP contribution in [0.3, 0.4) is 0 Å². The zero-order valence-electron chi connectivity index (χ0n) is 55.3. The smallest absolute Gasteiger partial charge is 0.462 e. The number of ether oxygens (including phenoxy) is 4. The van der Waals surface area contributed by atoms with Gasteiger partial charge in [-0.15, -0.1) is 0 Å². The van der Waals surface area contributed by atoms with Gasteiger partial charge in [0.05, 0.1) is 26.4 Å². The molecule has 0 aromatic rings. The summed E-state index contributed by atoms with van der Waals surface area (Å²) < 4.78 is 67.9. The van der Waals surface area contributed by atoms with E-state index in [0.29, 0.717) is 25.7 Å². The maximum atomic E-state index is 13.0. The van der Waals surface area contributed by atoms with Crippen LogP contribution in [-0.4, -0.2) is 96.7 Å². The molecular weight excluding hydrogens is 1140 g/mol. The molecule has 510 valence electrons. The van der Waals surface area contributed by atoms with Crippen LogP contribution < -0.4 is 0 Å². The van der Waals surface area contributed by atoms with Crippen LogP contribution in [0.5, 0.6) is 0 Å². The summed E-state index contributed by atoms with van der Waals surface area (Å²) in [6.45, 7) is 4.82. The monoisotopic (exact) mass is 1270 g/mol. The number of unbranched alkanes of at least 4 members (excludes halogenated alkanes) is 42. The third kappa shape index (κ3) is 60.9. The van der Waals surface area contributed by atoms with Crippen molar-refractivity contribution in [1.29, 1.82) is 0 Å². The van der Waals surface area contributed by atoms with Crippen LogP contribution >= 0.6 is 15.6 Å². The fourth-order valence-electron chi connectivity index (χ4n) is 10.2. The number of carbonyl (C=O) groups is 4. The fraction of sp³-hybridized carbons (Fsp3) is 0.940. The second-order valence-electron chi connectivity index (χ2n) is 24.2. The van der Waals surface area contributed by atoms with Gasteiger partial charge in [0.15, 0.2) is 12.2 Å². The number of aliphatic hydroxyl groups is 1. The minimum Gasteiger partial charge on any atom is -0.462 e. The summed E-state index contributed by atoms with van der Waals surface area (Å²) >= 11 is 0. The maximum absolute atomic E-state index is 13.0. The highest BCUT2D eigenvalue weighted by molar-refractivity contribution is 7.47. The lowest BCUT2D eigenvalue weighted by Crippen LogP contribution is -2.30. The van der Waals surface area contributed by atoms with Crippen molar-refractivity contribution < 1.29 is 80.2 Å². The minimum absolute atomic E-state index is 0.105. The summed E-state index contributed by atoms with van der Waals surface area (Å²) in [6, 6.07) is 0. The van der Waals surface area contributed by atoms with Gasteiger partial charge in [-0.2, -0.15) is 0 Å². The van der Waals surface area contributed by atoms with E-state index < -0.39 is 97.5 Å². The van der Waals surface area contributed by atoms with E-state index in [0.717, 1.165) is 96.3 Å². The van der Waals surface area contributed by atoms with E-state index in [4.69, 9.17) is 37.0 Å². The zero-order valence-corrected chi connectivity index (χ0v) is 57.1. The molecule has 19 heteroatoms. The first-order valence-corrected chi connectivity index (χ1v) is 38.3. The van der Waals surface area contributed by atoms with Crippen molar-refractivity contribution in [2.75, 3.05) is 39.6 Å². The number of carbonyl (C=O) groups excluding carboxylic acids is 4. The largest absolute Gasteiger partial charge is 0.472 e. The van der Waals surface area contributed by atoms with Crippen LogP contribution in [0, 0.1) is 0 Å². The van der Waals surface area contributed by atoms with Crippen LogP contribution in [0.4, 0.5) is 0 Å². The Morgan fingerprint density at radius 1 is 0.279 bits per heavy atom. The Morgan fingerprint density at radius 2 is 0.465 bits per heavy atom. The summed E-state index contributed by atoms with van der Waals surface area (Å²) in [7, 11) is -9.88. The van der Waals surface area contributed by atoms with Gasteiger partial charge in [-0.3, -0.25) is 37.3 Å². The van der Waals surface area contributed by atoms with Crippen LogP contribution in [0.2, 0.25) is 0 Å². The van der Waals surface area contributed by atoms with Gasteiger partial charge in [-0.05, 0) is 25.7 Å². The van der Waals surface area contributed by atoms with Crippen LogP contribution in [0.25, 0.3) is 0 Å². The predicted molar refractivity (Wildman–Crippen MR) is 345 cm³/mol. The molecule has 0 saturated carbocycles. The number of phosphoric acid groups is 2. The van der Waals surface area contributed by atoms with Crippen molar-refractivity contribution in [2.24, 2.45) is 0 Å². The lowest BCUT2D eigenvalue weighted by atomic mass is 10.0. The highest BCUT2D eigenvalue weighted by atomic mass is 31.2. The molecule has 5 atom stereocenters. The molecule has 0 aromatic heterocycles. The number of rotatable bonds is 68. The third-order valence-corrected chi connectivity index (χ3v) is 17.5. The van der Waals surface area contributed by atoms with E-state index in [-0.39, 0.29) is 25.7 Å². The van der Waals surface area contributed by atoms with Crippen molar-refractivity contribution >= 4 is 39.5 Å². The SMILES string of the molecule is CCCCCCCCCCCCCCCCCCC(=O)OC[C@H](COP(=O)(O)OC[C@@H](O)COP(=O)(O)OC[C@@H](COC(=O)CCCCCCC)OC(=O)CCCCCCCCCCC)OC(=O)CCCCCCCCCCCCCCCCCC. The Kier molecular flexibility index (Phi) is 60.5. The van der Waals surface area contributed by atoms with E-state index in [1.165, 1.54) is 173 Å². The van der Waals surface area contributed by atoms with Gasteiger partial charge in [0.2, 0.25) is 0 Å². The van der Waals surface area contributed by atoms with Crippen molar-refractivity contribution in [3.8, 4) is 0 Å². The highest BCUT2D eigenvalue weighted by Crippen LogP contribution is 2.45. The lowest BCUT2D eigenvalue weighted by Gasteiger charge is -2.21. The van der Waals surface area contributed by atoms with Crippen LogP contribution in [-0.2, 0) is 65.4 Å². The molecule has 0 rings (SSSR count). The van der Waals surface area contributed by atoms with Crippen LogP contribution in [0.1, 0.15) is 349 Å². The highest BCUT2D eigenvalue weighted by Gasteiger charge is 2.30. The van der Waals surface area contributed by atoms with E-state index in [1.54, 1.807) is 0 Å². The fourth-order valence-corrected chi connectivity index (χ4v) is 11.7. The van der Waals surface area contributed by atoms with Crippen molar-refractivity contribution in [1.82, 2.24) is 0 Å². The number of aliphatic hydroxyl groups excluding tert-OH is 1. The molecule has 0 amide bonds. The van der Waals surface area contributed by atoms with Crippen molar-refractivity contribution in [3.63, 3.8) is 0 Å². The molecular formula is C67H130O17P2. The van der Waals surface area contributed by atoms with Crippen molar-refractivity contribution in [2.45, 2.75) is 367 Å². The van der Waals surface area contributed by atoms with Gasteiger partial charge < -0.3 is 33.8 Å². The Hall–Kier alpha value is -1.94. The van der Waals surface area contributed by atoms with Gasteiger partial charge >= 0.3 is 39.5 Å². The molecule has 0 aromatic carbocycles. The minimum atomic E-state index is -4.95. The average Bonchev–Trinajstić information content (AvgIpc) is 3.65. The van der Waals surface area contributed by atoms with Crippen LogP contribution in [0.15, 0.2) is 0 Å². The first-order chi connectivity index (χ1) is 41.7. The third-order valence-electron chi connectivity index (χ3n) is 15.6. The van der Waals surface area contributed by atoms with Crippen molar-refractivity contribution in [3.05, 3.63) is 0 Å². The number of phosphoric ester groups is 2. The van der Waals surface area contributed by atoms with E-state index >= 15 is 0 Å². The molecule has 0 aliphatic carbocycles. The molecule has 0 heterocycles. The first kappa shape index (κ1) is 84.1. The second kappa shape index (κ2) is 61.9. The molecule has 17 nitrogen and oxygen atoms in total. The van der Waals surface area contributed by atoms with Gasteiger partial charge in [-0.1, -0.05) is 297 Å². The maximum Gasteiger partial charge on any atom is 0.472 e. The quantitative estimate of drug-likeness (QED) is 0.0222. The van der Waals surface area contributed by atoms with E-state index in [2.05, 4.69) is 27.7 Å². The zero-order chi connectivity index (χ0) is 63.3. The molecule has 0 radical (unpaired) electrons. The standard InChI is InChI=1S/C67H130O17P2/c1-5-9-13-17-20-23-25-27-29-31-33-35-38-40-44-48-52-65(70)78-58-63(84-67(72)54-50-46-42-39-36-34-32-30-28-26-24-21-18-14-10-6-2)60-82-86(75,76)80-56-61(68)55-79-85(73,74)81-59-62(57-77-64(69)51-47-43-16-12-8-4)83-66(71)53-49-45-41-37-22-19-15-11-7-3/h61-63,68H,5-60H2,1-4H3,(H,73,74)(H,75,76)/t61-,62+,63+/m0/s1. The predicted octanol–water partition coefficient (Wildman–Crippen LogP) is 19.1. The molecule has 3 N–H and O–H groups in total. The Morgan fingerprint density at radius 3 is 0.686 bits per heavy atom. The Balaban J connectivity index is 5.14. The molecule has 0 bridgehead atoms. The van der Waals surface area contributed by atoms with E-state index in [1.807, 2.05) is 0 Å². The summed E-state index contributed by atoms with van der Waals surface area (Å²) in [5.74, 6) is -2.14. The number of hydrogen-bond donors (Lipinski definition) is 3. The van der Waals surface area contributed by atoms with Gasteiger partial charge in [-0.25, -0.2) is 9.13 Å². The summed E-state index contributed by atoms with van der Waals surface area (Å²) in [4.78, 5) is 72.1. The second-order valence-corrected chi connectivity index (χ2v) is 27.1. The number of hydrogen-bond acceptors (Lipinski definition) is 15.